The molecule has 0 saturated heterocycles. The van der Waals surface area contributed by atoms with Crippen molar-refractivity contribution in [2.24, 2.45) is 0 Å². The van der Waals surface area contributed by atoms with Gasteiger partial charge in [0.05, 0.1) is 25.1 Å². The van der Waals surface area contributed by atoms with Crippen LogP contribution >= 0.6 is 0 Å². The molecule has 2 aromatic rings. The van der Waals surface area contributed by atoms with Gasteiger partial charge in [-0.2, -0.15) is 0 Å². The molecule has 28 heavy (non-hydrogen) atoms. The Labute approximate surface area is 167 Å². The van der Waals surface area contributed by atoms with Crippen molar-refractivity contribution in [3.63, 3.8) is 0 Å². The van der Waals surface area contributed by atoms with Gasteiger partial charge in [0.25, 0.3) is 0 Å². The minimum absolute atomic E-state index is 0.210. The predicted molar refractivity (Wildman–Crippen MR) is 112 cm³/mol. The first kappa shape index (κ1) is 21.8. The number of anilines is 1. The van der Waals surface area contributed by atoms with Gasteiger partial charge in [0.1, 0.15) is 12.3 Å². The van der Waals surface area contributed by atoms with Crippen LogP contribution in [0.3, 0.4) is 0 Å². The lowest BCUT2D eigenvalue weighted by Gasteiger charge is -2.25. The Balaban J connectivity index is 2.22. The summed E-state index contributed by atoms with van der Waals surface area (Å²) in [7, 11) is -2.01. The summed E-state index contributed by atoms with van der Waals surface area (Å²) < 4.78 is 31.0. The Kier molecular flexibility index (Phi) is 7.07. The molecule has 0 spiro atoms. The van der Waals surface area contributed by atoms with Gasteiger partial charge in [-0.25, -0.2) is 8.42 Å². The molecule has 1 amide bonds. The van der Waals surface area contributed by atoms with Crippen molar-refractivity contribution in [3.8, 4) is 5.75 Å². The molecule has 0 aliphatic heterocycles. The highest BCUT2D eigenvalue weighted by Crippen LogP contribution is 2.24. The van der Waals surface area contributed by atoms with Gasteiger partial charge in [0, 0.05) is 0 Å². The molecule has 0 aliphatic rings. The highest BCUT2D eigenvalue weighted by molar-refractivity contribution is 7.92. The number of hydrogen-bond acceptors (Lipinski definition) is 4. The fourth-order valence-corrected chi connectivity index (χ4v) is 3.90. The highest BCUT2D eigenvalue weighted by atomic mass is 32.2. The lowest BCUT2D eigenvalue weighted by molar-refractivity contribution is -0.120. The minimum atomic E-state index is -3.61. The van der Waals surface area contributed by atoms with E-state index in [9.17, 15) is 13.2 Å². The Morgan fingerprint density at radius 2 is 1.79 bits per heavy atom. The van der Waals surface area contributed by atoms with Crippen LogP contribution in [0, 0.1) is 13.8 Å². The number of rotatable bonds is 8. The van der Waals surface area contributed by atoms with Crippen LogP contribution in [0.15, 0.2) is 42.5 Å². The van der Waals surface area contributed by atoms with E-state index in [0.717, 1.165) is 33.0 Å². The highest BCUT2D eigenvalue weighted by Gasteiger charge is 2.24. The summed E-state index contributed by atoms with van der Waals surface area (Å²) in [6.45, 7) is 5.42. The molecular formula is C21H28N2O4S. The molecule has 6 nitrogen and oxygen atoms in total. The topological polar surface area (TPSA) is 75.7 Å². The Morgan fingerprint density at radius 1 is 1.14 bits per heavy atom. The Bertz CT molecular complexity index is 924. The summed E-state index contributed by atoms with van der Waals surface area (Å²) in [6.07, 6.45) is 1.79. The molecule has 7 heteroatoms. The second kappa shape index (κ2) is 9.10. The Morgan fingerprint density at radius 3 is 2.32 bits per heavy atom. The third-order valence-electron chi connectivity index (χ3n) is 4.58. The number of methoxy groups -OCH3 is 1. The third-order valence-corrected chi connectivity index (χ3v) is 5.71. The summed E-state index contributed by atoms with van der Waals surface area (Å²) in [5.74, 6) is 0.386. The average molecular weight is 405 g/mol. The summed E-state index contributed by atoms with van der Waals surface area (Å²) in [6, 6.07) is 12.8. The van der Waals surface area contributed by atoms with E-state index in [1.165, 1.54) is 0 Å². The zero-order chi connectivity index (χ0) is 20.9. The van der Waals surface area contributed by atoms with E-state index in [2.05, 4.69) is 5.32 Å². The van der Waals surface area contributed by atoms with E-state index in [1.54, 1.807) is 13.2 Å². The van der Waals surface area contributed by atoms with Crippen LogP contribution in [0.2, 0.25) is 0 Å². The molecule has 1 atom stereocenters. The van der Waals surface area contributed by atoms with Crippen molar-refractivity contribution in [2.45, 2.75) is 33.2 Å². The first-order chi connectivity index (χ1) is 13.2. The zero-order valence-electron chi connectivity index (χ0n) is 17.0. The van der Waals surface area contributed by atoms with E-state index in [0.29, 0.717) is 12.1 Å². The molecule has 1 N–H and O–H groups in total. The summed E-state index contributed by atoms with van der Waals surface area (Å²) in [5, 5.41) is 2.94. The van der Waals surface area contributed by atoms with Gasteiger partial charge >= 0.3 is 0 Å². The molecule has 0 fully saturated rings. The Hall–Kier alpha value is -2.54. The fourth-order valence-electron chi connectivity index (χ4n) is 3.00. The van der Waals surface area contributed by atoms with Gasteiger partial charge < -0.3 is 10.1 Å². The van der Waals surface area contributed by atoms with Crippen molar-refractivity contribution in [3.05, 3.63) is 59.2 Å². The lowest BCUT2D eigenvalue weighted by Crippen LogP contribution is -2.41. The number of carbonyl (C=O) groups excluding carboxylic acids is 1. The quantitative estimate of drug-likeness (QED) is 0.732. The zero-order valence-corrected chi connectivity index (χ0v) is 17.8. The number of hydrogen-bond donors (Lipinski definition) is 1. The van der Waals surface area contributed by atoms with Crippen molar-refractivity contribution in [1.82, 2.24) is 5.32 Å². The molecule has 0 radical (unpaired) electrons. The van der Waals surface area contributed by atoms with E-state index in [1.807, 2.05) is 57.2 Å². The van der Waals surface area contributed by atoms with Gasteiger partial charge in [0.15, 0.2) is 0 Å². The molecular weight excluding hydrogens is 376 g/mol. The van der Waals surface area contributed by atoms with Crippen LogP contribution in [-0.2, 0) is 14.8 Å². The smallest absolute Gasteiger partial charge is 0.241 e. The number of benzene rings is 2. The first-order valence-electron chi connectivity index (χ1n) is 9.14. The summed E-state index contributed by atoms with van der Waals surface area (Å²) in [4.78, 5) is 12.7. The largest absolute Gasteiger partial charge is 0.497 e. The molecule has 152 valence electrons. The number of sulfonamides is 1. The lowest BCUT2D eigenvalue weighted by atomic mass is 10.0. The third kappa shape index (κ3) is 5.48. The average Bonchev–Trinajstić information content (AvgIpc) is 2.65. The van der Waals surface area contributed by atoms with E-state index in [-0.39, 0.29) is 18.5 Å². The van der Waals surface area contributed by atoms with Crippen molar-refractivity contribution in [1.29, 1.82) is 0 Å². The molecule has 0 saturated carbocycles. The SMILES string of the molecule is CCC(NC(=O)CN(c1cc(C)ccc1C)S(C)(=O)=O)c1ccc(OC)cc1. The fraction of sp³-hybridized carbons (Fsp3) is 0.381. The van der Waals surface area contributed by atoms with Gasteiger partial charge in [0.2, 0.25) is 15.9 Å². The van der Waals surface area contributed by atoms with E-state index in [4.69, 9.17) is 4.74 Å². The molecule has 0 aromatic heterocycles. The summed E-state index contributed by atoms with van der Waals surface area (Å²) >= 11 is 0. The van der Waals surface area contributed by atoms with Crippen LogP contribution in [-0.4, -0.2) is 34.2 Å². The van der Waals surface area contributed by atoms with Crippen LogP contribution in [0.4, 0.5) is 5.69 Å². The second-order valence-electron chi connectivity index (χ2n) is 6.86. The number of carbonyl (C=O) groups is 1. The maximum Gasteiger partial charge on any atom is 0.241 e. The minimum Gasteiger partial charge on any atom is -0.497 e. The monoisotopic (exact) mass is 404 g/mol. The van der Waals surface area contributed by atoms with Crippen molar-refractivity contribution >= 4 is 21.6 Å². The maximum atomic E-state index is 12.7. The van der Waals surface area contributed by atoms with E-state index >= 15 is 0 Å². The van der Waals surface area contributed by atoms with Crippen LogP contribution in [0.5, 0.6) is 5.75 Å². The first-order valence-corrected chi connectivity index (χ1v) is 11.0. The van der Waals surface area contributed by atoms with Crippen molar-refractivity contribution < 1.29 is 17.9 Å². The number of aryl methyl sites for hydroxylation is 2. The van der Waals surface area contributed by atoms with E-state index < -0.39 is 10.0 Å². The molecule has 2 rings (SSSR count). The molecule has 2 aromatic carbocycles. The van der Waals surface area contributed by atoms with Crippen LogP contribution in [0.1, 0.15) is 36.1 Å². The normalized spacial score (nSPS) is 12.3. The molecule has 1 unspecified atom stereocenters. The molecule has 0 heterocycles. The second-order valence-corrected chi connectivity index (χ2v) is 8.77. The molecule has 0 bridgehead atoms. The standard InChI is InChI=1S/C21H28N2O4S/c1-6-19(17-9-11-18(27-4)12-10-17)22-21(24)14-23(28(5,25)26)20-13-15(2)7-8-16(20)3/h7-13,19H,6,14H2,1-5H3,(H,22,24). The van der Waals surface area contributed by atoms with Gasteiger partial charge in [-0.05, 0) is 55.2 Å². The number of amides is 1. The van der Waals surface area contributed by atoms with Gasteiger partial charge in [-0.3, -0.25) is 9.10 Å². The number of nitrogens with zero attached hydrogens (tertiary/aromatic N) is 1. The number of nitrogens with one attached hydrogen (secondary N) is 1. The number of ether oxygens (including phenoxy) is 1. The predicted octanol–water partition coefficient (Wildman–Crippen LogP) is 3.35. The molecule has 0 aliphatic carbocycles. The summed E-state index contributed by atoms with van der Waals surface area (Å²) in [5.41, 5.74) is 3.19. The van der Waals surface area contributed by atoms with Gasteiger partial charge in [-0.15, -0.1) is 0 Å². The van der Waals surface area contributed by atoms with Crippen LogP contribution in [0.25, 0.3) is 0 Å². The van der Waals surface area contributed by atoms with Crippen LogP contribution < -0.4 is 14.4 Å². The van der Waals surface area contributed by atoms with Crippen molar-refractivity contribution in [2.75, 3.05) is 24.2 Å². The maximum absolute atomic E-state index is 12.7. The van der Waals surface area contributed by atoms with Gasteiger partial charge in [-0.1, -0.05) is 31.2 Å².